The first-order chi connectivity index (χ1) is 7.90. The van der Waals surface area contributed by atoms with Gasteiger partial charge in [-0.1, -0.05) is 11.6 Å². The Morgan fingerprint density at radius 2 is 1.71 bits per heavy atom. The Hall–Kier alpha value is -1.86. The number of fused-ring (bicyclic) bond motifs is 1. The first-order valence-corrected chi connectivity index (χ1v) is 5.47. The number of rotatable bonds is 0. The van der Waals surface area contributed by atoms with Crippen molar-refractivity contribution in [2.45, 2.75) is 33.2 Å². The third kappa shape index (κ3) is 3.05. The minimum Gasteiger partial charge on any atom is -0.342 e. The van der Waals surface area contributed by atoms with Crippen molar-refractivity contribution >= 4 is 17.1 Å². The average molecular weight is 231 g/mol. The Morgan fingerprint density at radius 1 is 1.12 bits per heavy atom. The third-order valence-electron chi connectivity index (χ3n) is 2.57. The smallest absolute Gasteiger partial charge is 0.342 e. The van der Waals surface area contributed by atoms with Crippen LogP contribution in [0.2, 0.25) is 0 Å². The van der Waals surface area contributed by atoms with Gasteiger partial charge in [0.1, 0.15) is 0 Å². The van der Waals surface area contributed by atoms with E-state index >= 15 is 0 Å². The summed E-state index contributed by atoms with van der Waals surface area (Å²) in [6.07, 6.45) is 2.42. The van der Waals surface area contributed by atoms with Gasteiger partial charge in [0.25, 0.3) is 0 Å². The van der Waals surface area contributed by atoms with Crippen molar-refractivity contribution in [3.63, 3.8) is 0 Å². The zero-order valence-electron chi connectivity index (χ0n) is 10.7. The van der Waals surface area contributed by atoms with E-state index in [9.17, 15) is 0 Å². The molecule has 2 rings (SSSR count). The quantitative estimate of drug-likeness (QED) is 0.698. The number of carbonyl (C=O) groups excluding carboxylic acids is 2. The third-order valence-corrected chi connectivity index (χ3v) is 2.57. The van der Waals surface area contributed by atoms with Crippen molar-refractivity contribution in [1.82, 2.24) is 4.57 Å². The van der Waals surface area contributed by atoms with Gasteiger partial charge < -0.3 is 4.57 Å². The summed E-state index contributed by atoms with van der Waals surface area (Å²) in [5, 5.41) is 1.33. The highest BCUT2D eigenvalue weighted by Gasteiger charge is 2.14. The van der Waals surface area contributed by atoms with E-state index in [0.717, 1.165) is 0 Å². The molecule has 90 valence electrons. The summed E-state index contributed by atoms with van der Waals surface area (Å²) in [6, 6.07) is 8.80. The summed E-state index contributed by atoms with van der Waals surface area (Å²) in [4.78, 5) is 16.2. The molecule has 3 heteroatoms. The molecule has 0 spiro atoms. The van der Waals surface area contributed by atoms with Gasteiger partial charge >= 0.3 is 6.15 Å². The Labute approximate surface area is 101 Å². The van der Waals surface area contributed by atoms with Crippen LogP contribution in [0, 0.1) is 6.92 Å². The predicted molar refractivity (Wildman–Crippen MR) is 66.7 cm³/mol. The zero-order valence-corrected chi connectivity index (χ0v) is 10.7. The highest BCUT2D eigenvalue weighted by molar-refractivity contribution is 5.81. The van der Waals surface area contributed by atoms with E-state index in [1.54, 1.807) is 0 Å². The van der Waals surface area contributed by atoms with Crippen molar-refractivity contribution in [3.8, 4) is 0 Å². The second-order valence-electron chi connectivity index (χ2n) is 5.00. The van der Waals surface area contributed by atoms with Crippen molar-refractivity contribution in [2.75, 3.05) is 0 Å². The van der Waals surface area contributed by atoms with Crippen LogP contribution in [0.3, 0.4) is 0 Å². The maximum Gasteiger partial charge on any atom is 0.373 e. The lowest BCUT2D eigenvalue weighted by Crippen LogP contribution is -2.20. The molecule has 17 heavy (non-hydrogen) atoms. The summed E-state index contributed by atoms with van der Waals surface area (Å²) >= 11 is 0. The topological polar surface area (TPSA) is 39.1 Å². The highest BCUT2D eigenvalue weighted by atomic mass is 16.2. The molecule has 0 bridgehead atoms. The summed E-state index contributed by atoms with van der Waals surface area (Å²) < 4.78 is 2.32. The van der Waals surface area contributed by atoms with Crippen LogP contribution in [0.15, 0.2) is 30.5 Å². The fourth-order valence-electron chi connectivity index (χ4n) is 1.85. The Bertz CT molecular complexity index is 541. The number of hydrogen-bond acceptors (Lipinski definition) is 2. The van der Waals surface area contributed by atoms with Gasteiger partial charge in [-0.25, -0.2) is 0 Å². The van der Waals surface area contributed by atoms with Gasteiger partial charge in [0.05, 0.1) is 0 Å². The zero-order chi connectivity index (χ0) is 13.1. The number of nitrogens with zero attached hydrogens (tertiary/aromatic N) is 1. The van der Waals surface area contributed by atoms with Gasteiger partial charge in [0.15, 0.2) is 0 Å². The van der Waals surface area contributed by atoms with Crippen LogP contribution in [-0.4, -0.2) is 10.7 Å². The SMILES string of the molecule is Cc1ccc2c(ccn2C(C)(C)C)c1.O=C=O. The number of aryl methyl sites for hydroxylation is 1. The lowest BCUT2D eigenvalue weighted by molar-refractivity contribution is -0.191. The standard InChI is InChI=1S/C13H17N.CO2/c1-10-5-6-12-11(9-10)7-8-14(12)13(2,3)4;2-1-3/h5-9H,1-4H3;. The Kier molecular flexibility index (Phi) is 3.87. The molecule has 0 N–H and O–H groups in total. The largest absolute Gasteiger partial charge is 0.373 e. The van der Waals surface area contributed by atoms with E-state index in [-0.39, 0.29) is 11.7 Å². The maximum atomic E-state index is 8.12. The summed E-state index contributed by atoms with van der Waals surface area (Å²) in [5.41, 5.74) is 2.81. The lowest BCUT2D eigenvalue weighted by Gasteiger charge is -2.22. The minimum absolute atomic E-state index is 0.164. The molecule has 0 fully saturated rings. The fraction of sp³-hybridized carbons (Fsp3) is 0.357. The molecule has 0 aliphatic heterocycles. The van der Waals surface area contributed by atoms with Crippen molar-refractivity contribution in [3.05, 3.63) is 36.0 Å². The van der Waals surface area contributed by atoms with E-state index in [1.165, 1.54) is 16.5 Å². The van der Waals surface area contributed by atoms with Gasteiger partial charge in [-0.2, -0.15) is 9.59 Å². The average Bonchev–Trinajstić information content (AvgIpc) is 2.60. The van der Waals surface area contributed by atoms with E-state index < -0.39 is 0 Å². The molecule has 0 radical (unpaired) electrons. The molecule has 0 atom stereocenters. The number of hydrogen-bond donors (Lipinski definition) is 0. The van der Waals surface area contributed by atoms with Crippen LogP contribution in [0.4, 0.5) is 0 Å². The molecule has 0 amide bonds. The van der Waals surface area contributed by atoms with Crippen LogP contribution in [0.25, 0.3) is 10.9 Å². The first-order valence-electron chi connectivity index (χ1n) is 5.47. The Morgan fingerprint density at radius 3 is 2.24 bits per heavy atom. The van der Waals surface area contributed by atoms with Crippen molar-refractivity contribution in [1.29, 1.82) is 0 Å². The van der Waals surface area contributed by atoms with E-state index in [4.69, 9.17) is 9.59 Å². The molecule has 1 aromatic carbocycles. The predicted octanol–water partition coefficient (Wildman–Crippen LogP) is 3.12. The monoisotopic (exact) mass is 231 g/mol. The van der Waals surface area contributed by atoms with Gasteiger partial charge in [-0.05, 0) is 51.3 Å². The van der Waals surface area contributed by atoms with E-state index in [2.05, 4.69) is 62.7 Å². The molecule has 0 unspecified atom stereocenters. The van der Waals surface area contributed by atoms with Crippen LogP contribution in [0.1, 0.15) is 26.3 Å². The van der Waals surface area contributed by atoms with Gasteiger partial charge in [-0.15, -0.1) is 0 Å². The molecule has 1 heterocycles. The molecule has 0 aliphatic rings. The number of benzene rings is 1. The molecule has 3 nitrogen and oxygen atoms in total. The normalized spacial score (nSPS) is 10.6. The molecule has 2 aromatic rings. The van der Waals surface area contributed by atoms with Crippen molar-refractivity contribution in [2.24, 2.45) is 0 Å². The van der Waals surface area contributed by atoms with Crippen LogP contribution < -0.4 is 0 Å². The molecular formula is C14H17NO2. The van der Waals surface area contributed by atoms with Crippen LogP contribution in [-0.2, 0) is 15.1 Å². The van der Waals surface area contributed by atoms with E-state index in [1.807, 2.05) is 0 Å². The highest BCUT2D eigenvalue weighted by Crippen LogP contribution is 2.24. The fourth-order valence-corrected chi connectivity index (χ4v) is 1.85. The summed E-state index contributed by atoms with van der Waals surface area (Å²) in [7, 11) is 0. The minimum atomic E-state index is 0.164. The molecule has 0 saturated carbocycles. The molecule has 1 aromatic heterocycles. The van der Waals surface area contributed by atoms with Crippen LogP contribution >= 0.6 is 0 Å². The second kappa shape index (κ2) is 4.98. The second-order valence-corrected chi connectivity index (χ2v) is 5.00. The first kappa shape index (κ1) is 13.2. The summed E-state index contributed by atoms with van der Waals surface area (Å²) in [5.74, 6) is 0. The molecule has 0 saturated heterocycles. The Balaban J connectivity index is 0.000000437. The van der Waals surface area contributed by atoms with Gasteiger partial charge in [0.2, 0.25) is 0 Å². The van der Waals surface area contributed by atoms with E-state index in [0.29, 0.717) is 0 Å². The lowest BCUT2D eigenvalue weighted by atomic mass is 10.1. The summed E-state index contributed by atoms with van der Waals surface area (Å²) in [6.45, 7) is 8.82. The van der Waals surface area contributed by atoms with Gasteiger partial charge in [0, 0.05) is 17.3 Å². The van der Waals surface area contributed by atoms with Crippen LogP contribution in [0.5, 0.6) is 0 Å². The van der Waals surface area contributed by atoms with Gasteiger partial charge in [-0.3, -0.25) is 0 Å². The number of aromatic nitrogens is 1. The molecule has 0 aliphatic carbocycles. The van der Waals surface area contributed by atoms with Crippen molar-refractivity contribution < 1.29 is 9.59 Å². The maximum absolute atomic E-state index is 8.12. The molecular weight excluding hydrogens is 214 g/mol.